The van der Waals surface area contributed by atoms with Crippen LogP contribution in [0.15, 0.2) is 54.6 Å². The van der Waals surface area contributed by atoms with Crippen molar-refractivity contribution in [3.05, 3.63) is 65.7 Å². The van der Waals surface area contributed by atoms with Crippen LogP contribution in [0.4, 0.5) is 5.69 Å². The molecule has 0 spiro atoms. The molecule has 0 fully saturated rings. The van der Waals surface area contributed by atoms with Crippen LogP contribution in [0.3, 0.4) is 0 Å². The quantitative estimate of drug-likeness (QED) is 0.680. The molecule has 0 bridgehead atoms. The van der Waals surface area contributed by atoms with E-state index in [0.717, 1.165) is 11.1 Å². The van der Waals surface area contributed by atoms with E-state index >= 15 is 0 Å². The number of carbonyl (C=O) groups is 2. The van der Waals surface area contributed by atoms with E-state index in [-0.39, 0.29) is 30.0 Å². The smallest absolute Gasteiger partial charge is 0.340 e. The molecule has 5 nitrogen and oxygen atoms in total. The fourth-order valence-electron chi connectivity index (χ4n) is 3.10. The molecule has 0 amide bonds. The Hall–Kier alpha value is -3.34. The van der Waals surface area contributed by atoms with Crippen LogP contribution in [0.25, 0.3) is 22.3 Å². The molecule has 1 aromatic carbocycles. The second-order valence-electron chi connectivity index (χ2n) is 5.92. The third-order valence-electron chi connectivity index (χ3n) is 4.29. The van der Waals surface area contributed by atoms with E-state index < -0.39 is 11.9 Å². The van der Waals surface area contributed by atoms with E-state index in [0.29, 0.717) is 11.1 Å². The normalized spacial score (nSPS) is 10.6. The number of anilines is 1. The Morgan fingerprint density at radius 1 is 0.741 bits per heavy atom. The fraction of sp³-hybridized carbons (Fsp3) is 0.182. The third kappa shape index (κ3) is 3.49. The summed E-state index contributed by atoms with van der Waals surface area (Å²) in [6.45, 7) is 3.87. The van der Waals surface area contributed by atoms with Gasteiger partial charge in [0.1, 0.15) is 0 Å². The van der Waals surface area contributed by atoms with Crippen molar-refractivity contribution in [3.8, 4) is 22.3 Å². The standard InChI is InChI=1S/C22H21NO4/c1-3-26-21(24)18-16-12-10-15(14-8-6-5-7-9-14)11-13-17(16)19(20(18)23)22(25)27-4-2/h5-13H,3-4,23H2,1-2H3. The third-order valence-corrected chi connectivity index (χ3v) is 4.29. The van der Waals surface area contributed by atoms with Crippen LogP contribution in [0.5, 0.6) is 0 Å². The molecule has 0 heterocycles. The number of nitrogens with two attached hydrogens (primary N) is 1. The zero-order valence-electron chi connectivity index (χ0n) is 15.3. The van der Waals surface area contributed by atoms with Gasteiger partial charge in [-0.2, -0.15) is 0 Å². The van der Waals surface area contributed by atoms with Gasteiger partial charge in [-0.25, -0.2) is 9.59 Å². The Bertz CT molecular complexity index is 894. The first kappa shape index (κ1) is 18.5. The average Bonchev–Trinajstić information content (AvgIpc) is 2.79. The van der Waals surface area contributed by atoms with Crippen LogP contribution in [-0.2, 0) is 9.47 Å². The first-order chi connectivity index (χ1) is 13.1. The highest BCUT2D eigenvalue weighted by molar-refractivity contribution is 6.15. The van der Waals surface area contributed by atoms with Crippen molar-refractivity contribution in [3.63, 3.8) is 0 Å². The molecule has 0 saturated carbocycles. The summed E-state index contributed by atoms with van der Waals surface area (Å²) in [5.74, 6) is -1.11. The van der Waals surface area contributed by atoms with E-state index in [2.05, 4.69) is 0 Å². The lowest BCUT2D eigenvalue weighted by Crippen LogP contribution is -2.09. The fourth-order valence-corrected chi connectivity index (χ4v) is 3.10. The Balaban J connectivity index is 2.24. The first-order valence-electron chi connectivity index (χ1n) is 8.83. The number of hydrogen-bond acceptors (Lipinski definition) is 5. The summed E-state index contributed by atoms with van der Waals surface area (Å²) in [6.07, 6.45) is 0. The molecule has 27 heavy (non-hydrogen) atoms. The lowest BCUT2D eigenvalue weighted by atomic mass is 10.1. The average molecular weight is 363 g/mol. The molecule has 5 heteroatoms. The maximum Gasteiger partial charge on any atom is 0.340 e. The van der Waals surface area contributed by atoms with E-state index in [1.165, 1.54) is 0 Å². The monoisotopic (exact) mass is 363 g/mol. The van der Waals surface area contributed by atoms with Gasteiger partial charge in [0, 0.05) is 0 Å². The Kier molecular flexibility index (Phi) is 5.41. The molecule has 0 aromatic heterocycles. The number of carbonyl (C=O) groups excluding carboxylic acids is 2. The van der Waals surface area contributed by atoms with Crippen molar-refractivity contribution in [1.29, 1.82) is 0 Å². The molecule has 1 aromatic rings. The maximum absolute atomic E-state index is 12.5. The van der Waals surface area contributed by atoms with E-state index in [1.54, 1.807) is 26.0 Å². The van der Waals surface area contributed by atoms with Gasteiger partial charge in [-0.15, -0.1) is 0 Å². The van der Waals surface area contributed by atoms with Crippen molar-refractivity contribution < 1.29 is 19.1 Å². The van der Waals surface area contributed by atoms with E-state index in [9.17, 15) is 9.59 Å². The molecule has 0 saturated heterocycles. The molecule has 2 aliphatic rings. The van der Waals surface area contributed by atoms with Crippen LogP contribution < -0.4 is 5.73 Å². The van der Waals surface area contributed by atoms with Crippen molar-refractivity contribution in [1.82, 2.24) is 0 Å². The van der Waals surface area contributed by atoms with Gasteiger partial charge in [-0.3, -0.25) is 0 Å². The van der Waals surface area contributed by atoms with Crippen molar-refractivity contribution in [2.75, 3.05) is 18.9 Å². The number of rotatable bonds is 5. The predicted octanol–water partition coefficient (Wildman–Crippen LogP) is 4.39. The van der Waals surface area contributed by atoms with E-state index in [1.807, 2.05) is 42.5 Å². The Morgan fingerprint density at radius 3 is 1.63 bits per heavy atom. The molecule has 3 rings (SSSR count). The number of esters is 2. The molecule has 0 radical (unpaired) electrons. The molecule has 2 N–H and O–H groups in total. The zero-order chi connectivity index (χ0) is 19.4. The van der Waals surface area contributed by atoms with Crippen molar-refractivity contribution in [2.24, 2.45) is 0 Å². The minimum atomic E-state index is -0.553. The molecule has 138 valence electrons. The highest BCUT2D eigenvalue weighted by atomic mass is 16.5. The molecular formula is C22H21NO4. The van der Waals surface area contributed by atoms with Crippen molar-refractivity contribution in [2.45, 2.75) is 13.8 Å². The summed E-state index contributed by atoms with van der Waals surface area (Å²) >= 11 is 0. The molecule has 2 aliphatic carbocycles. The maximum atomic E-state index is 12.5. The highest BCUT2D eigenvalue weighted by Gasteiger charge is 2.30. The van der Waals surface area contributed by atoms with Crippen LogP contribution in [0, 0.1) is 0 Å². The van der Waals surface area contributed by atoms with Crippen LogP contribution in [0.2, 0.25) is 0 Å². The largest absolute Gasteiger partial charge is 0.462 e. The van der Waals surface area contributed by atoms with Gasteiger partial charge in [-0.1, -0.05) is 54.6 Å². The summed E-state index contributed by atoms with van der Waals surface area (Å²) in [5, 5.41) is 0. The molecular weight excluding hydrogens is 342 g/mol. The molecule has 0 unspecified atom stereocenters. The number of nitrogen functional groups attached to an aromatic ring is 1. The lowest BCUT2D eigenvalue weighted by Gasteiger charge is -2.03. The molecule has 0 atom stereocenters. The zero-order valence-corrected chi connectivity index (χ0v) is 15.3. The Morgan fingerprint density at radius 2 is 1.19 bits per heavy atom. The minimum absolute atomic E-state index is 0.0920. The lowest BCUT2D eigenvalue weighted by molar-refractivity contribution is 0.0525. The van der Waals surface area contributed by atoms with Gasteiger partial charge in [0.2, 0.25) is 0 Å². The SMILES string of the molecule is CCOC(=O)c1c2ccc(-c3ccccc3)ccc-2c(C(=O)OCC)c1N. The van der Waals surface area contributed by atoms with Crippen LogP contribution in [0.1, 0.15) is 34.6 Å². The van der Waals surface area contributed by atoms with Crippen molar-refractivity contribution >= 4 is 17.6 Å². The van der Waals surface area contributed by atoms with Gasteiger partial charge in [0.25, 0.3) is 0 Å². The minimum Gasteiger partial charge on any atom is -0.462 e. The number of ether oxygens (including phenoxy) is 2. The van der Waals surface area contributed by atoms with Crippen LogP contribution >= 0.6 is 0 Å². The topological polar surface area (TPSA) is 78.6 Å². The predicted molar refractivity (Wildman–Crippen MR) is 105 cm³/mol. The summed E-state index contributed by atoms with van der Waals surface area (Å²) in [6, 6.07) is 17.2. The number of hydrogen-bond donors (Lipinski definition) is 1. The Labute approximate surface area is 158 Å². The summed E-state index contributed by atoms with van der Waals surface area (Å²) in [4.78, 5) is 25.0. The van der Waals surface area contributed by atoms with E-state index in [4.69, 9.17) is 15.2 Å². The van der Waals surface area contributed by atoms with Gasteiger partial charge < -0.3 is 15.2 Å². The number of benzene rings is 1. The van der Waals surface area contributed by atoms with Gasteiger partial charge >= 0.3 is 11.9 Å². The van der Waals surface area contributed by atoms with Gasteiger partial charge in [-0.05, 0) is 36.1 Å². The first-order valence-corrected chi connectivity index (χ1v) is 8.83. The second kappa shape index (κ2) is 7.91. The van der Waals surface area contributed by atoms with Gasteiger partial charge in [0.05, 0.1) is 30.0 Å². The van der Waals surface area contributed by atoms with Crippen LogP contribution in [-0.4, -0.2) is 25.2 Å². The highest BCUT2D eigenvalue weighted by Crippen LogP contribution is 2.40. The second-order valence-corrected chi connectivity index (χ2v) is 5.92. The van der Waals surface area contributed by atoms with Gasteiger partial charge in [0.15, 0.2) is 0 Å². The number of fused-ring (bicyclic) bond motifs is 1. The summed E-state index contributed by atoms with van der Waals surface area (Å²) < 4.78 is 10.3. The summed E-state index contributed by atoms with van der Waals surface area (Å²) in [5.41, 5.74) is 9.77. The molecule has 0 aliphatic heterocycles. The summed E-state index contributed by atoms with van der Waals surface area (Å²) in [7, 11) is 0.